The summed E-state index contributed by atoms with van der Waals surface area (Å²) >= 11 is 1.53. The second-order valence-corrected chi connectivity index (χ2v) is 9.25. The zero-order chi connectivity index (χ0) is 21.6. The molecule has 4 rings (SSSR count). The van der Waals surface area contributed by atoms with Gasteiger partial charge in [-0.1, -0.05) is 0 Å². The van der Waals surface area contributed by atoms with E-state index in [1.54, 1.807) is 12.4 Å². The van der Waals surface area contributed by atoms with Gasteiger partial charge in [0.15, 0.2) is 0 Å². The second kappa shape index (κ2) is 10.2. The van der Waals surface area contributed by atoms with Crippen LogP contribution in [0.2, 0.25) is 0 Å². The van der Waals surface area contributed by atoms with Crippen molar-refractivity contribution in [1.82, 2.24) is 19.8 Å². The van der Waals surface area contributed by atoms with E-state index in [2.05, 4.69) is 25.1 Å². The normalized spacial score (nSPS) is 17.4. The molecule has 0 spiro atoms. The number of hydrogen-bond donors (Lipinski definition) is 1. The first-order valence-corrected chi connectivity index (χ1v) is 11.9. The molecule has 1 N–H and O–H groups in total. The second-order valence-electron chi connectivity index (χ2n) is 8.11. The van der Waals surface area contributed by atoms with Crippen molar-refractivity contribution < 1.29 is 9.59 Å². The Kier molecular flexibility index (Phi) is 7.14. The number of nitrogens with one attached hydrogen (secondary N) is 1. The minimum atomic E-state index is -0.0992. The molecule has 4 heterocycles. The van der Waals surface area contributed by atoms with Crippen LogP contribution in [0.5, 0.6) is 0 Å². The number of thiophene rings is 1. The molecule has 1 saturated heterocycles. The van der Waals surface area contributed by atoms with Gasteiger partial charge in [-0.2, -0.15) is 0 Å². The molecule has 166 valence electrons. The summed E-state index contributed by atoms with van der Waals surface area (Å²) in [5, 5.41) is 3.58. The van der Waals surface area contributed by atoms with Crippen molar-refractivity contribution in [2.75, 3.05) is 56.0 Å². The molecule has 0 unspecified atom stereocenters. The molecule has 1 fully saturated rings. The lowest BCUT2D eigenvalue weighted by Gasteiger charge is -2.34. The van der Waals surface area contributed by atoms with Gasteiger partial charge in [-0.05, 0) is 44.4 Å². The summed E-state index contributed by atoms with van der Waals surface area (Å²) in [5.41, 5.74) is 0.769. The van der Waals surface area contributed by atoms with Crippen molar-refractivity contribution in [3.05, 3.63) is 35.0 Å². The molecule has 2 aliphatic rings. The lowest BCUT2D eigenvalue weighted by Crippen LogP contribution is -2.47. The Bertz CT molecular complexity index is 895. The van der Waals surface area contributed by atoms with E-state index in [0.717, 1.165) is 92.9 Å². The molecule has 8 nitrogen and oxygen atoms in total. The Labute approximate surface area is 187 Å². The molecule has 0 aliphatic carbocycles. The largest absolute Gasteiger partial charge is 0.339 e. The molecule has 0 atom stereocenters. The monoisotopic (exact) mass is 442 g/mol. The first-order chi connectivity index (χ1) is 15.1. The zero-order valence-electron chi connectivity index (χ0n) is 18.0. The summed E-state index contributed by atoms with van der Waals surface area (Å²) in [6, 6.07) is 3.69. The average Bonchev–Trinajstić information content (AvgIpc) is 3.11. The van der Waals surface area contributed by atoms with E-state index in [4.69, 9.17) is 0 Å². The van der Waals surface area contributed by atoms with Crippen LogP contribution in [0.4, 0.5) is 10.9 Å². The van der Waals surface area contributed by atoms with Gasteiger partial charge in [0.25, 0.3) is 5.91 Å². The van der Waals surface area contributed by atoms with Crippen LogP contribution >= 0.6 is 11.3 Å². The highest BCUT2D eigenvalue weighted by Crippen LogP contribution is 2.31. The van der Waals surface area contributed by atoms with Crippen molar-refractivity contribution in [3.63, 3.8) is 0 Å². The lowest BCUT2D eigenvalue weighted by atomic mass is 10.2. The summed E-state index contributed by atoms with van der Waals surface area (Å²) in [7, 11) is 0. The van der Waals surface area contributed by atoms with Gasteiger partial charge < -0.3 is 15.1 Å². The number of aryl methyl sites for hydroxylation is 1. The topological polar surface area (TPSA) is 81.7 Å². The number of fused-ring (bicyclic) bond motifs is 1. The lowest BCUT2D eigenvalue weighted by molar-refractivity contribution is -0.114. The predicted molar refractivity (Wildman–Crippen MR) is 123 cm³/mol. The fourth-order valence-corrected chi connectivity index (χ4v) is 5.35. The standard InChI is InChI=1S/C22H30N6O2S/c1-17(29)25-20-16-18-19(31-20)6-4-11-27(21(18)30)10-3-2-9-26-12-14-28(15-13-26)22-23-7-5-8-24-22/h5,7-8,16H,2-4,6,9-15H2,1H3,(H,25,29). The Morgan fingerprint density at radius 1 is 1.10 bits per heavy atom. The Morgan fingerprint density at radius 3 is 2.58 bits per heavy atom. The number of carbonyl (C=O) groups excluding carboxylic acids is 2. The molecular formula is C22H30N6O2S. The van der Waals surface area contributed by atoms with E-state index in [-0.39, 0.29) is 11.8 Å². The van der Waals surface area contributed by atoms with Crippen LogP contribution in [0.3, 0.4) is 0 Å². The third kappa shape index (κ3) is 5.59. The molecule has 2 aliphatic heterocycles. The van der Waals surface area contributed by atoms with Gasteiger partial charge in [0, 0.05) is 63.5 Å². The molecule has 0 bridgehead atoms. The zero-order valence-corrected chi connectivity index (χ0v) is 18.9. The smallest absolute Gasteiger partial charge is 0.255 e. The Morgan fingerprint density at radius 2 is 1.84 bits per heavy atom. The van der Waals surface area contributed by atoms with Gasteiger partial charge in [0.2, 0.25) is 11.9 Å². The van der Waals surface area contributed by atoms with Crippen LogP contribution in [0.25, 0.3) is 0 Å². The van der Waals surface area contributed by atoms with Gasteiger partial charge >= 0.3 is 0 Å². The van der Waals surface area contributed by atoms with Crippen LogP contribution in [0.15, 0.2) is 24.5 Å². The van der Waals surface area contributed by atoms with Crippen molar-refractivity contribution in [2.24, 2.45) is 0 Å². The molecule has 31 heavy (non-hydrogen) atoms. The number of unbranched alkanes of at least 4 members (excludes halogenated alkanes) is 1. The molecule has 9 heteroatoms. The molecule has 2 amide bonds. The van der Waals surface area contributed by atoms with Gasteiger partial charge in [-0.3, -0.25) is 14.5 Å². The van der Waals surface area contributed by atoms with Crippen LogP contribution < -0.4 is 10.2 Å². The van der Waals surface area contributed by atoms with Crippen LogP contribution in [0.1, 0.15) is 41.4 Å². The molecule has 0 radical (unpaired) electrons. The number of amides is 2. The van der Waals surface area contributed by atoms with Crippen LogP contribution in [-0.2, 0) is 11.2 Å². The number of aromatic nitrogens is 2. The number of nitrogens with zero attached hydrogens (tertiary/aromatic N) is 5. The number of anilines is 2. The van der Waals surface area contributed by atoms with Crippen LogP contribution in [0, 0.1) is 0 Å². The third-order valence-electron chi connectivity index (χ3n) is 5.82. The molecule has 0 saturated carbocycles. The maximum Gasteiger partial charge on any atom is 0.255 e. The summed E-state index contributed by atoms with van der Waals surface area (Å²) in [4.78, 5) is 40.8. The first kappa shape index (κ1) is 21.7. The minimum absolute atomic E-state index is 0.0992. The number of carbonyl (C=O) groups is 2. The molecule has 0 aromatic carbocycles. The van der Waals surface area contributed by atoms with Crippen molar-refractivity contribution >= 4 is 34.1 Å². The molecule has 2 aromatic rings. The first-order valence-electron chi connectivity index (χ1n) is 11.0. The summed E-state index contributed by atoms with van der Waals surface area (Å²) < 4.78 is 0. The quantitative estimate of drug-likeness (QED) is 0.664. The highest BCUT2D eigenvalue weighted by atomic mass is 32.1. The van der Waals surface area contributed by atoms with Crippen molar-refractivity contribution in [3.8, 4) is 0 Å². The Balaban J connectivity index is 1.21. The minimum Gasteiger partial charge on any atom is -0.339 e. The van der Waals surface area contributed by atoms with Gasteiger partial charge in [0.1, 0.15) is 0 Å². The summed E-state index contributed by atoms with van der Waals surface area (Å²) in [6.45, 7) is 8.09. The highest BCUT2D eigenvalue weighted by molar-refractivity contribution is 7.16. The Hall–Kier alpha value is -2.52. The van der Waals surface area contributed by atoms with E-state index in [1.165, 1.54) is 18.3 Å². The predicted octanol–water partition coefficient (Wildman–Crippen LogP) is 2.49. The highest BCUT2D eigenvalue weighted by Gasteiger charge is 2.25. The fraction of sp³-hybridized carbons (Fsp3) is 0.545. The van der Waals surface area contributed by atoms with Crippen molar-refractivity contribution in [2.45, 2.75) is 32.6 Å². The van der Waals surface area contributed by atoms with E-state index in [9.17, 15) is 9.59 Å². The maximum absolute atomic E-state index is 13.0. The summed E-state index contributed by atoms with van der Waals surface area (Å²) in [6.07, 6.45) is 7.54. The van der Waals surface area contributed by atoms with E-state index in [0.29, 0.717) is 0 Å². The SMILES string of the molecule is CC(=O)Nc1cc2c(s1)CCCN(CCCCN1CCN(c3ncccn3)CC1)C2=O. The number of piperazine rings is 1. The van der Waals surface area contributed by atoms with Gasteiger partial charge in [-0.15, -0.1) is 11.3 Å². The third-order valence-corrected chi connectivity index (χ3v) is 6.93. The molecular weight excluding hydrogens is 412 g/mol. The van der Waals surface area contributed by atoms with E-state index in [1.807, 2.05) is 17.0 Å². The maximum atomic E-state index is 13.0. The van der Waals surface area contributed by atoms with E-state index >= 15 is 0 Å². The van der Waals surface area contributed by atoms with Crippen molar-refractivity contribution in [1.29, 1.82) is 0 Å². The number of hydrogen-bond acceptors (Lipinski definition) is 7. The number of rotatable bonds is 7. The fourth-order valence-electron chi connectivity index (χ4n) is 4.21. The van der Waals surface area contributed by atoms with Crippen LogP contribution in [-0.4, -0.2) is 77.4 Å². The van der Waals surface area contributed by atoms with Gasteiger partial charge in [-0.25, -0.2) is 9.97 Å². The van der Waals surface area contributed by atoms with Gasteiger partial charge in [0.05, 0.1) is 10.6 Å². The average molecular weight is 443 g/mol. The van der Waals surface area contributed by atoms with E-state index < -0.39 is 0 Å². The molecule has 2 aromatic heterocycles. The summed E-state index contributed by atoms with van der Waals surface area (Å²) in [5.74, 6) is 0.825.